The van der Waals surface area contributed by atoms with Gasteiger partial charge in [-0.15, -0.1) is 0 Å². The number of allylic oxidation sites excluding steroid dienone is 3. The Morgan fingerprint density at radius 2 is 2.30 bits per heavy atom. The number of benzene rings is 1. The Kier molecular flexibility index (Phi) is 3.54. The Morgan fingerprint density at radius 3 is 3.05 bits per heavy atom. The van der Waals surface area contributed by atoms with Gasteiger partial charge in [-0.05, 0) is 30.4 Å². The molecule has 4 nitrogen and oxygen atoms in total. The van der Waals surface area contributed by atoms with Gasteiger partial charge in [0.15, 0.2) is 5.13 Å². The van der Waals surface area contributed by atoms with Crippen LogP contribution in [0, 0.1) is 0 Å². The van der Waals surface area contributed by atoms with Gasteiger partial charge in [0, 0.05) is 11.1 Å². The van der Waals surface area contributed by atoms with Crippen molar-refractivity contribution in [2.24, 2.45) is 0 Å². The Morgan fingerprint density at radius 1 is 1.45 bits per heavy atom. The van der Waals surface area contributed by atoms with Gasteiger partial charge in [0.1, 0.15) is 5.76 Å². The smallest absolute Gasteiger partial charge is 0.253 e. The number of anilines is 1. The number of aromatic nitrogens is 1. The summed E-state index contributed by atoms with van der Waals surface area (Å²) in [6, 6.07) is 5.40. The van der Waals surface area contributed by atoms with E-state index in [1.165, 1.54) is 23.7 Å². The highest BCUT2D eigenvalue weighted by molar-refractivity contribution is 7.22. The van der Waals surface area contributed by atoms with Gasteiger partial charge in [0.25, 0.3) is 5.91 Å². The van der Waals surface area contributed by atoms with Crippen molar-refractivity contribution >= 4 is 44.2 Å². The summed E-state index contributed by atoms with van der Waals surface area (Å²) in [5.74, 6) is 0.433. The van der Waals surface area contributed by atoms with Crippen molar-refractivity contribution < 1.29 is 9.53 Å². The van der Waals surface area contributed by atoms with Crippen LogP contribution < -0.4 is 5.32 Å². The molecule has 1 N–H and O–H groups in total. The Labute approximate surface area is 124 Å². The number of nitrogens with zero attached hydrogens (tertiary/aromatic N) is 1. The highest BCUT2D eigenvalue weighted by Gasteiger charge is 2.06. The predicted octanol–water partition coefficient (Wildman–Crippen LogP) is 3.87. The first-order valence-corrected chi connectivity index (χ1v) is 6.99. The maximum Gasteiger partial charge on any atom is 0.253 e. The third kappa shape index (κ3) is 2.89. The molecule has 0 saturated heterocycles. The molecular formula is C14H9ClN2O2S. The van der Waals surface area contributed by atoms with E-state index in [1.54, 1.807) is 18.2 Å². The number of rotatable bonds is 4. The third-order valence-electron chi connectivity index (χ3n) is 2.53. The van der Waals surface area contributed by atoms with Gasteiger partial charge in [-0.2, -0.15) is 0 Å². The number of carbonyl (C=O) groups excluding carboxylic acids is 1. The topological polar surface area (TPSA) is 51.2 Å². The lowest BCUT2D eigenvalue weighted by atomic mass is 10.3. The van der Waals surface area contributed by atoms with E-state index in [-0.39, 0.29) is 5.91 Å². The number of halogens is 1. The molecule has 1 heterocycles. The van der Waals surface area contributed by atoms with E-state index in [1.807, 2.05) is 18.2 Å². The molecule has 0 spiro atoms. The molecule has 3 rings (SSSR count). The number of ether oxygens (including phenoxy) is 1. The van der Waals surface area contributed by atoms with Crippen LogP contribution in [0.4, 0.5) is 5.13 Å². The molecule has 0 unspecified atom stereocenters. The number of hydrogen-bond donors (Lipinski definition) is 1. The van der Waals surface area contributed by atoms with E-state index in [0.717, 1.165) is 16.0 Å². The normalized spacial score (nSPS) is 13.3. The Bertz CT molecular complexity index is 762. The number of fused-ring (bicyclic) bond motifs is 1. The van der Waals surface area contributed by atoms with E-state index in [4.69, 9.17) is 16.3 Å². The zero-order valence-electron chi connectivity index (χ0n) is 10.2. The van der Waals surface area contributed by atoms with Crippen LogP contribution in [0.3, 0.4) is 0 Å². The highest BCUT2D eigenvalue weighted by Crippen LogP contribution is 2.28. The van der Waals surface area contributed by atoms with E-state index in [2.05, 4.69) is 10.3 Å². The summed E-state index contributed by atoms with van der Waals surface area (Å²) in [5, 5.41) is 3.86. The fourth-order valence-electron chi connectivity index (χ4n) is 1.53. The van der Waals surface area contributed by atoms with Gasteiger partial charge in [-0.3, -0.25) is 10.1 Å². The summed E-state index contributed by atoms with van der Waals surface area (Å²) in [4.78, 5) is 16.0. The summed E-state index contributed by atoms with van der Waals surface area (Å²) in [7, 11) is 0. The minimum Gasteiger partial charge on any atom is -0.465 e. The lowest BCUT2D eigenvalue weighted by Gasteiger charge is -2.04. The Hall–Kier alpha value is -2.11. The summed E-state index contributed by atoms with van der Waals surface area (Å²) in [6.07, 6.45) is 8.12. The molecule has 1 aliphatic rings. The van der Waals surface area contributed by atoms with Crippen LogP contribution >= 0.6 is 22.9 Å². The van der Waals surface area contributed by atoms with Crippen molar-refractivity contribution in [3.05, 3.63) is 59.5 Å². The molecule has 1 amide bonds. The first-order chi connectivity index (χ1) is 9.70. The zero-order chi connectivity index (χ0) is 13.9. The van der Waals surface area contributed by atoms with Crippen LogP contribution in [0.25, 0.3) is 10.2 Å². The highest BCUT2D eigenvalue weighted by atomic mass is 35.5. The second-order valence-electron chi connectivity index (χ2n) is 3.97. The molecule has 0 bridgehead atoms. The quantitative estimate of drug-likeness (QED) is 0.689. The maximum absolute atomic E-state index is 11.7. The first-order valence-electron chi connectivity index (χ1n) is 5.79. The Balaban J connectivity index is 1.64. The van der Waals surface area contributed by atoms with Crippen LogP contribution in [0.2, 0.25) is 5.02 Å². The molecule has 0 fully saturated rings. The van der Waals surface area contributed by atoms with Crippen molar-refractivity contribution in [1.82, 2.24) is 4.98 Å². The number of amides is 1. The third-order valence-corrected chi connectivity index (χ3v) is 3.69. The van der Waals surface area contributed by atoms with Crippen LogP contribution in [-0.2, 0) is 9.53 Å². The number of nitrogens with one attached hydrogen (secondary N) is 1. The maximum atomic E-state index is 11.7. The fraction of sp³-hybridized carbons (Fsp3) is 0. The molecule has 0 radical (unpaired) electrons. The number of hydrogen-bond acceptors (Lipinski definition) is 4. The molecule has 0 aliphatic heterocycles. The van der Waals surface area contributed by atoms with Crippen molar-refractivity contribution in [2.75, 3.05) is 5.32 Å². The molecule has 2 aromatic rings. The standard InChI is InChI=1S/C14H9ClN2O2S/c15-9-4-5-11-12(8-9)20-14(16-11)17-13(18)6-7-19-10-2-1-3-10/h1-8H,(H,16,17,18)/b7-6+. The summed E-state index contributed by atoms with van der Waals surface area (Å²) in [6.45, 7) is 0. The first kappa shape index (κ1) is 12.9. The van der Waals surface area contributed by atoms with Crippen molar-refractivity contribution in [3.8, 4) is 0 Å². The van der Waals surface area contributed by atoms with E-state index in [9.17, 15) is 4.79 Å². The molecule has 1 aromatic carbocycles. The van der Waals surface area contributed by atoms with Gasteiger partial charge in [0.05, 0.1) is 16.5 Å². The molecule has 0 atom stereocenters. The van der Waals surface area contributed by atoms with Gasteiger partial charge in [-0.1, -0.05) is 29.0 Å². The van der Waals surface area contributed by atoms with Gasteiger partial charge < -0.3 is 4.74 Å². The minimum absolute atomic E-state index is 0.293. The van der Waals surface area contributed by atoms with Crippen molar-refractivity contribution in [3.63, 3.8) is 0 Å². The van der Waals surface area contributed by atoms with Crippen molar-refractivity contribution in [1.29, 1.82) is 0 Å². The fourth-order valence-corrected chi connectivity index (χ4v) is 2.67. The summed E-state index contributed by atoms with van der Waals surface area (Å²) >= 11 is 7.27. The molecule has 1 aliphatic carbocycles. The molecule has 1 aromatic heterocycles. The second kappa shape index (κ2) is 5.48. The van der Waals surface area contributed by atoms with Gasteiger partial charge >= 0.3 is 0 Å². The summed E-state index contributed by atoms with van der Waals surface area (Å²) < 4.78 is 6.09. The molecule has 20 heavy (non-hydrogen) atoms. The molecule has 100 valence electrons. The van der Waals surface area contributed by atoms with Crippen LogP contribution in [-0.4, -0.2) is 10.9 Å². The number of carbonyl (C=O) groups is 1. The largest absolute Gasteiger partial charge is 0.465 e. The zero-order valence-corrected chi connectivity index (χ0v) is 11.7. The second-order valence-corrected chi connectivity index (χ2v) is 5.44. The van der Waals surface area contributed by atoms with E-state index < -0.39 is 0 Å². The minimum atomic E-state index is -0.293. The molecule has 0 saturated carbocycles. The lowest BCUT2D eigenvalue weighted by Crippen LogP contribution is -2.07. The summed E-state index contributed by atoms with van der Waals surface area (Å²) in [5.41, 5.74) is 0.805. The average molecular weight is 305 g/mol. The predicted molar refractivity (Wildman–Crippen MR) is 80.7 cm³/mol. The monoisotopic (exact) mass is 304 g/mol. The SMILES string of the molecule is O=C(/C=C/OC1=CC=C1)Nc1nc2ccc(Cl)cc2s1. The number of thiazole rings is 1. The molecular weight excluding hydrogens is 296 g/mol. The van der Waals surface area contributed by atoms with E-state index in [0.29, 0.717) is 10.2 Å². The van der Waals surface area contributed by atoms with Gasteiger partial charge in [0.2, 0.25) is 0 Å². The van der Waals surface area contributed by atoms with Crippen molar-refractivity contribution in [2.45, 2.75) is 0 Å². The van der Waals surface area contributed by atoms with E-state index >= 15 is 0 Å². The molecule has 6 heteroatoms. The average Bonchev–Trinajstić information content (AvgIpc) is 2.73. The van der Waals surface area contributed by atoms with Crippen LogP contribution in [0.1, 0.15) is 0 Å². The van der Waals surface area contributed by atoms with Crippen LogP contribution in [0.5, 0.6) is 0 Å². The van der Waals surface area contributed by atoms with Crippen LogP contribution in [0.15, 0.2) is 54.5 Å². The lowest BCUT2D eigenvalue weighted by molar-refractivity contribution is -0.112. The van der Waals surface area contributed by atoms with Gasteiger partial charge in [-0.25, -0.2) is 4.98 Å².